The number of alkyl halides is 2. The van der Waals surface area contributed by atoms with Gasteiger partial charge in [-0.1, -0.05) is 18.2 Å². The van der Waals surface area contributed by atoms with Crippen LogP contribution in [0.4, 0.5) is 14.5 Å². The smallest absolute Gasteiger partial charge is 0.277 e. The molecule has 0 saturated carbocycles. The van der Waals surface area contributed by atoms with Crippen molar-refractivity contribution in [3.8, 4) is 0 Å². The van der Waals surface area contributed by atoms with Crippen LogP contribution in [0.2, 0.25) is 0 Å². The van der Waals surface area contributed by atoms with E-state index in [4.69, 9.17) is 5.11 Å². The summed E-state index contributed by atoms with van der Waals surface area (Å²) >= 11 is 0. The lowest BCUT2D eigenvalue weighted by molar-refractivity contribution is -0.0264. The number of rotatable bonds is 4. The van der Waals surface area contributed by atoms with Gasteiger partial charge in [0, 0.05) is 38.4 Å². The van der Waals surface area contributed by atoms with Crippen LogP contribution in [0.25, 0.3) is 0 Å². The largest absolute Gasteiger partial charge is 0.396 e. The Morgan fingerprint density at radius 2 is 1.87 bits per heavy atom. The number of nitrogens with zero attached hydrogens (tertiary/aromatic N) is 1. The Balaban J connectivity index is 3.12. The van der Waals surface area contributed by atoms with Crippen molar-refractivity contribution >= 4 is 5.69 Å². The minimum absolute atomic E-state index is 0.0379. The molecule has 0 bridgehead atoms. The molecule has 2 nitrogen and oxygen atoms in total. The first-order chi connectivity index (χ1) is 6.99. The number of benzene rings is 1. The molecule has 1 aromatic rings. The molecule has 84 valence electrons. The lowest BCUT2D eigenvalue weighted by Gasteiger charge is -2.23. The lowest BCUT2D eigenvalue weighted by atomic mass is 10.0. The van der Waals surface area contributed by atoms with E-state index in [1.807, 2.05) is 0 Å². The molecule has 0 radical (unpaired) electrons. The summed E-state index contributed by atoms with van der Waals surface area (Å²) in [6, 6.07) is 6.33. The van der Waals surface area contributed by atoms with Crippen molar-refractivity contribution < 1.29 is 13.9 Å². The molecular weight excluding hydrogens is 200 g/mol. The van der Waals surface area contributed by atoms with Crippen LogP contribution in [0.3, 0.4) is 0 Å². The maximum absolute atomic E-state index is 13.6. The quantitative estimate of drug-likeness (QED) is 0.832. The fourth-order valence-electron chi connectivity index (χ4n) is 1.45. The number of aliphatic hydroxyl groups is 1. The van der Waals surface area contributed by atoms with Gasteiger partial charge in [0.15, 0.2) is 0 Å². The lowest BCUT2D eigenvalue weighted by Crippen LogP contribution is -2.20. The van der Waals surface area contributed by atoms with Gasteiger partial charge in [0.25, 0.3) is 5.92 Å². The number of para-hydroxylation sites is 1. The SMILES string of the molecule is CN(C)c1ccccc1C(F)(F)CCO. The molecule has 0 unspecified atom stereocenters. The van der Waals surface area contributed by atoms with E-state index < -0.39 is 19.0 Å². The first-order valence-corrected chi connectivity index (χ1v) is 4.74. The van der Waals surface area contributed by atoms with E-state index in [1.165, 1.54) is 6.07 Å². The molecule has 4 heteroatoms. The summed E-state index contributed by atoms with van der Waals surface area (Å²) in [4.78, 5) is 1.64. The van der Waals surface area contributed by atoms with Crippen LogP contribution in [-0.4, -0.2) is 25.8 Å². The first kappa shape index (κ1) is 11.9. The van der Waals surface area contributed by atoms with Crippen molar-refractivity contribution in [1.29, 1.82) is 0 Å². The van der Waals surface area contributed by atoms with Crippen molar-refractivity contribution in [2.45, 2.75) is 12.3 Å². The minimum atomic E-state index is -2.98. The van der Waals surface area contributed by atoms with E-state index in [1.54, 1.807) is 37.2 Å². The summed E-state index contributed by atoms with van der Waals surface area (Å²) in [7, 11) is 3.43. The molecule has 0 saturated heterocycles. The molecule has 0 heterocycles. The van der Waals surface area contributed by atoms with E-state index in [0.717, 1.165) is 0 Å². The molecule has 0 amide bonds. The molecule has 0 spiro atoms. The van der Waals surface area contributed by atoms with Crippen LogP contribution < -0.4 is 4.90 Å². The number of anilines is 1. The van der Waals surface area contributed by atoms with E-state index in [9.17, 15) is 8.78 Å². The van der Waals surface area contributed by atoms with Crippen molar-refractivity contribution in [2.75, 3.05) is 25.6 Å². The van der Waals surface area contributed by atoms with Crippen LogP contribution in [0.1, 0.15) is 12.0 Å². The van der Waals surface area contributed by atoms with Crippen LogP contribution in [0.5, 0.6) is 0 Å². The van der Waals surface area contributed by atoms with Crippen molar-refractivity contribution in [3.05, 3.63) is 29.8 Å². The Kier molecular flexibility index (Phi) is 3.63. The molecule has 0 aliphatic carbocycles. The second-order valence-corrected chi connectivity index (χ2v) is 3.59. The van der Waals surface area contributed by atoms with Crippen LogP contribution in [0, 0.1) is 0 Å². The number of aliphatic hydroxyl groups excluding tert-OH is 1. The van der Waals surface area contributed by atoms with Gasteiger partial charge in [-0.3, -0.25) is 0 Å². The second kappa shape index (κ2) is 4.57. The zero-order valence-corrected chi connectivity index (χ0v) is 8.87. The molecule has 0 aliphatic rings. The van der Waals surface area contributed by atoms with Crippen LogP contribution in [0.15, 0.2) is 24.3 Å². The minimum Gasteiger partial charge on any atom is -0.396 e. The number of hydrogen-bond acceptors (Lipinski definition) is 2. The fourth-order valence-corrected chi connectivity index (χ4v) is 1.45. The van der Waals surface area contributed by atoms with Gasteiger partial charge in [-0.05, 0) is 6.07 Å². The van der Waals surface area contributed by atoms with E-state index in [2.05, 4.69) is 0 Å². The van der Waals surface area contributed by atoms with Gasteiger partial charge in [-0.25, -0.2) is 8.78 Å². The summed E-state index contributed by atoms with van der Waals surface area (Å²) in [6.07, 6.45) is -0.544. The van der Waals surface area contributed by atoms with Gasteiger partial charge in [0.2, 0.25) is 0 Å². The van der Waals surface area contributed by atoms with Gasteiger partial charge in [0.05, 0.1) is 0 Å². The number of halogens is 2. The predicted octanol–water partition coefficient (Wildman–Crippen LogP) is 2.23. The van der Waals surface area contributed by atoms with Gasteiger partial charge in [0.1, 0.15) is 0 Å². The van der Waals surface area contributed by atoms with Crippen LogP contribution in [-0.2, 0) is 5.92 Å². The highest BCUT2D eigenvalue weighted by Gasteiger charge is 2.33. The van der Waals surface area contributed by atoms with Crippen molar-refractivity contribution in [3.63, 3.8) is 0 Å². The molecule has 1 aromatic carbocycles. The predicted molar refractivity (Wildman–Crippen MR) is 56.4 cm³/mol. The Hall–Kier alpha value is -1.16. The fraction of sp³-hybridized carbons (Fsp3) is 0.455. The Bertz CT molecular complexity index is 326. The second-order valence-electron chi connectivity index (χ2n) is 3.59. The van der Waals surface area contributed by atoms with Gasteiger partial charge >= 0.3 is 0 Å². The molecule has 0 aliphatic heterocycles. The van der Waals surface area contributed by atoms with Crippen molar-refractivity contribution in [1.82, 2.24) is 0 Å². The van der Waals surface area contributed by atoms with E-state index >= 15 is 0 Å². The normalized spacial score (nSPS) is 11.5. The maximum Gasteiger partial charge on any atom is 0.277 e. The third-order valence-electron chi connectivity index (χ3n) is 2.21. The van der Waals surface area contributed by atoms with Crippen LogP contribution >= 0.6 is 0 Å². The molecule has 1 N–H and O–H groups in total. The topological polar surface area (TPSA) is 23.5 Å². The zero-order chi connectivity index (χ0) is 11.5. The monoisotopic (exact) mass is 215 g/mol. The van der Waals surface area contributed by atoms with Gasteiger partial charge in [-0.15, -0.1) is 0 Å². The summed E-state index contributed by atoms with van der Waals surface area (Å²) in [6.45, 7) is -0.519. The molecule has 15 heavy (non-hydrogen) atoms. The molecule has 1 rings (SSSR count). The van der Waals surface area contributed by atoms with E-state index in [0.29, 0.717) is 5.69 Å². The molecule has 0 fully saturated rings. The highest BCUT2D eigenvalue weighted by atomic mass is 19.3. The first-order valence-electron chi connectivity index (χ1n) is 4.74. The maximum atomic E-state index is 13.6. The summed E-state index contributed by atoms with van der Waals surface area (Å²) in [5, 5.41) is 8.60. The Morgan fingerprint density at radius 1 is 1.27 bits per heavy atom. The highest BCUT2D eigenvalue weighted by Crippen LogP contribution is 2.36. The average molecular weight is 215 g/mol. The van der Waals surface area contributed by atoms with Crippen molar-refractivity contribution in [2.24, 2.45) is 0 Å². The van der Waals surface area contributed by atoms with E-state index in [-0.39, 0.29) is 5.56 Å². The molecular formula is C11H15F2NO. The summed E-state index contributed by atoms with van der Waals surface area (Å²) in [5.41, 5.74) is 0.444. The zero-order valence-electron chi connectivity index (χ0n) is 8.87. The molecule has 0 atom stereocenters. The third kappa shape index (κ3) is 2.65. The molecule has 0 aromatic heterocycles. The van der Waals surface area contributed by atoms with Gasteiger partial charge < -0.3 is 10.0 Å². The summed E-state index contributed by atoms with van der Waals surface area (Å²) in [5.74, 6) is -2.98. The number of hydrogen-bond donors (Lipinski definition) is 1. The van der Waals surface area contributed by atoms with Gasteiger partial charge in [-0.2, -0.15) is 0 Å². The Labute approximate surface area is 88.1 Å². The Morgan fingerprint density at radius 3 is 2.40 bits per heavy atom. The third-order valence-corrected chi connectivity index (χ3v) is 2.21. The summed E-state index contributed by atoms with van der Waals surface area (Å²) < 4.78 is 27.2. The standard InChI is InChI=1S/C11H15F2NO/c1-14(2)10-6-4-3-5-9(10)11(12,13)7-8-15/h3-6,15H,7-8H2,1-2H3. The average Bonchev–Trinajstić information content (AvgIpc) is 2.17. The highest BCUT2D eigenvalue weighted by molar-refractivity contribution is 5.54.